The molecule has 1 saturated heterocycles. The third kappa shape index (κ3) is 5.61. The van der Waals surface area contributed by atoms with E-state index in [0.29, 0.717) is 40.3 Å². The van der Waals surface area contributed by atoms with Gasteiger partial charge in [-0.15, -0.1) is 0 Å². The minimum Gasteiger partial charge on any atom is -0.508 e. The van der Waals surface area contributed by atoms with Gasteiger partial charge in [0.2, 0.25) is 11.8 Å². The fraction of sp³-hybridized carbons (Fsp3) is 0.191. The Morgan fingerprint density at radius 3 is 2.13 bits per heavy atom. The summed E-state index contributed by atoms with van der Waals surface area (Å²) >= 11 is 3.45. The highest BCUT2D eigenvalue weighted by molar-refractivity contribution is 9.10. The van der Waals surface area contributed by atoms with Gasteiger partial charge in [-0.3, -0.25) is 24.1 Å². The number of halogens is 1. The number of fused-ring (bicyclic) bond motifs is 4. The molecule has 5 aromatic rings. The standard InChI is InChI=1S/C47H36BrNO6/c48-31-16-18-32(19-17-31)49-45(53)36-23-22-34-38(42(36)46(49)54)25-39-44(52)37(29-12-6-2-7-13-29)26-41(51)47(39,30-14-8-3-9-15-30)43(34)35-21-20-33(24-40(35)50)55-27-28-10-4-1-5-11-28/h1-22,24,26,36,38-39,42-43,50H,23,25,27H2. The van der Waals surface area contributed by atoms with E-state index in [1.807, 2.05) is 97.1 Å². The number of amides is 2. The number of imide groups is 1. The summed E-state index contributed by atoms with van der Waals surface area (Å²) in [5.41, 5.74) is 2.85. The smallest absolute Gasteiger partial charge is 0.238 e. The maximum atomic E-state index is 15.3. The number of hydrogen-bond donors (Lipinski definition) is 1. The van der Waals surface area contributed by atoms with Gasteiger partial charge >= 0.3 is 0 Å². The predicted molar refractivity (Wildman–Crippen MR) is 212 cm³/mol. The third-order valence-electron chi connectivity index (χ3n) is 12.0. The Hall–Kier alpha value is -5.86. The second-order valence-corrected chi connectivity index (χ2v) is 15.7. The lowest BCUT2D eigenvalue weighted by atomic mass is 9.44. The van der Waals surface area contributed by atoms with Gasteiger partial charge in [0, 0.05) is 33.5 Å². The zero-order chi connectivity index (χ0) is 37.8. The number of aromatic hydroxyl groups is 1. The van der Waals surface area contributed by atoms with Crippen molar-refractivity contribution in [2.45, 2.75) is 30.8 Å². The number of carbonyl (C=O) groups is 4. The number of carbonyl (C=O) groups excluding carboxylic acids is 4. The molecule has 272 valence electrons. The molecular weight excluding hydrogens is 754 g/mol. The molecule has 6 atom stereocenters. The van der Waals surface area contributed by atoms with Gasteiger partial charge < -0.3 is 9.84 Å². The number of phenolic OH excluding ortho intramolecular Hbond substituents is 1. The molecule has 9 rings (SSSR count). The molecule has 4 aliphatic rings. The molecule has 1 aliphatic heterocycles. The quantitative estimate of drug-likeness (QED) is 0.131. The van der Waals surface area contributed by atoms with Crippen molar-refractivity contribution in [2.24, 2.45) is 23.7 Å². The van der Waals surface area contributed by atoms with Crippen molar-refractivity contribution in [2.75, 3.05) is 4.90 Å². The van der Waals surface area contributed by atoms with Crippen LogP contribution in [0.3, 0.4) is 0 Å². The summed E-state index contributed by atoms with van der Waals surface area (Å²) in [7, 11) is 0. The average Bonchev–Trinajstić information content (AvgIpc) is 3.48. The number of rotatable bonds is 7. The molecular formula is C47H36BrNO6. The minimum absolute atomic E-state index is 0.0864. The van der Waals surface area contributed by atoms with Crippen LogP contribution in [0.25, 0.3) is 5.57 Å². The highest BCUT2D eigenvalue weighted by atomic mass is 79.9. The fourth-order valence-electron chi connectivity index (χ4n) is 9.66. The summed E-state index contributed by atoms with van der Waals surface area (Å²) in [5, 5.41) is 12.0. The van der Waals surface area contributed by atoms with Crippen molar-refractivity contribution in [3.05, 3.63) is 178 Å². The van der Waals surface area contributed by atoms with Gasteiger partial charge in [0.15, 0.2) is 11.6 Å². The second-order valence-electron chi connectivity index (χ2n) is 14.8. The monoisotopic (exact) mass is 789 g/mol. The molecule has 0 spiro atoms. The molecule has 55 heavy (non-hydrogen) atoms. The van der Waals surface area contributed by atoms with Crippen molar-refractivity contribution in [1.82, 2.24) is 0 Å². The molecule has 6 unspecified atom stereocenters. The second kappa shape index (κ2) is 13.8. The van der Waals surface area contributed by atoms with Crippen molar-refractivity contribution in [3.63, 3.8) is 0 Å². The first-order chi connectivity index (χ1) is 26.8. The van der Waals surface area contributed by atoms with E-state index in [0.717, 1.165) is 15.6 Å². The Bertz CT molecular complexity index is 2410. The van der Waals surface area contributed by atoms with Gasteiger partial charge in [-0.1, -0.05) is 125 Å². The molecule has 8 heteroatoms. The molecule has 5 aromatic carbocycles. The topological polar surface area (TPSA) is 101 Å². The molecule has 3 aliphatic carbocycles. The molecule has 7 nitrogen and oxygen atoms in total. The summed E-state index contributed by atoms with van der Waals surface area (Å²) in [6, 6.07) is 40.4. The first kappa shape index (κ1) is 34.9. The van der Waals surface area contributed by atoms with Crippen LogP contribution in [-0.4, -0.2) is 28.5 Å². The first-order valence-corrected chi connectivity index (χ1v) is 19.3. The minimum atomic E-state index is -1.45. The molecule has 2 amide bonds. The lowest BCUT2D eigenvalue weighted by Crippen LogP contribution is -2.58. The van der Waals surface area contributed by atoms with E-state index in [9.17, 15) is 14.7 Å². The lowest BCUT2D eigenvalue weighted by Gasteiger charge is -2.55. The number of phenols is 1. The van der Waals surface area contributed by atoms with Crippen LogP contribution in [0.15, 0.2) is 156 Å². The summed E-state index contributed by atoms with van der Waals surface area (Å²) in [6.07, 6.45) is 3.95. The normalized spacial score (nSPS) is 25.8. The number of allylic oxidation sites excluding steroid dienone is 4. The van der Waals surface area contributed by atoms with Crippen molar-refractivity contribution in [3.8, 4) is 11.5 Å². The number of ether oxygens (including phenoxy) is 1. The Labute approximate surface area is 327 Å². The van der Waals surface area contributed by atoms with E-state index in [1.54, 1.807) is 42.5 Å². The number of Topliss-reactive ketones (excluding diaryl/α,β-unsaturated/α-hetero) is 1. The van der Waals surface area contributed by atoms with Crippen LogP contribution in [0.1, 0.15) is 41.0 Å². The number of ketones is 2. The largest absolute Gasteiger partial charge is 0.508 e. The van der Waals surface area contributed by atoms with E-state index in [1.165, 1.54) is 11.0 Å². The number of anilines is 1. The maximum absolute atomic E-state index is 15.3. The highest BCUT2D eigenvalue weighted by Crippen LogP contribution is 2.64. The Kier molecular flexibility index (Phi) is 8.73. The van der Waals surface area contributed by atoms with Crippen LogP contribution in [-0.2, 0) is 31.2 Å². The maximum Gasteiger partial charge on any atom is 0.238 e. The van der Waals surface area contributed by atoms with Crippen molar-refractivity contribution >= 4 is 50.6 Å². The Morgan fingerprint density at radius 2 is 1.44 bits per heavy atom. The fourth-order valence-corrected chi connectivity index (χ4v) is 9.93. The first-order valence-electron chi connectivity index (χ1n) is 18.5. The van der Waals surface area contributed by atoms with Crippen molar-refractivity contribution in [1.29, 1.82) is 0 Å². The molecule has 0 bridgehead atoms. The van der Waals surface area contributed by atoms with E-state index < -0.39 is 35.0 Å². The van der Waals surface area contributed by atoms with E-state index >= 15 is 9.59 Å². The van der Waals surface area contributed by atoms with Gasteiger partial charge in [-0.05, 0) is 71.9 Å². The molecule has 2 fully saturated rings. The van der Waals surface area contributed by atoms with E-state index in [4.69, 9.17) is 4.74 Å². The zero-order valence-corrected chi connectivity index (χ0v) is 31.3. The number of nitrogens with zero attached hydrogens (tertiary/aromatic N) is 1. The molecule has 0 radical (unpaired) electrons. The Balaban J connectivity index is 1.22. The summed E-state index contributed by atoms with van der Waals surface area (Å²) < 4.78 is 6.91. The highest BCUT2D eigenvalue weighted by Gasteiger charge is 2.66. The van der Waals surface area contributed by atoms with Gasteiger partial charge in [-0.2, -0.15) is 0 Å². The van der Waals surface area contributed by atoms with Crippen LogP contribution in [0.4, 0.5) is 5.69 Å². The van der Waals surface area contributed by atoms with Crippen LogP contribution in [0.5, 0.6) is 11.5 Å². The third-order valence-corrected chi connectivity index (χ3v) is 12.5. The van der Waals surface area contributed by atoms with E-state index in [2.05, 4.69) is 15.9 Å². The van der Waals surface area contributed by atoms with Gasteiger partial charge in [0.25, 0.3) is 0 Å². The summed E-state index contributed by atoms with van der Waals surface area (Å²) in [6.45, 7) is 0.292. The van der Waals surface area contributed by atoms with Crippen LogP contribution < -0.4 is 9.64 Å². The lowest BCUT2D eigenvalue weighted by molar-refractivity contribution is -0.135. The Morgan fingerprint density at radius 1 is 0.764 bits per heavy atom. The number of benzene rings is 5. The van der Waals surface area contributed by atoms with Gasteiger partial charge in [-0.25, -0.2) is 0 Å². The van der Waals surface area contributed by atoms with Crippen LogP contribution in [0.2, 0.25) is 0 Å². The van der Waals surface area contributed by atoms with Gasteiger partial charge in [0.1, 0.15) is 18.1 Å². The SMILES string of the molecule is O=C1C(c2ccccc2)=CC(=O)C2(c3ccccc3)C1CC1C(=CCC3C(=O)N(c4ccc(Br)cc4)C(=O)C31)C2c1ccc(OCc2ccccc2)cc1O. The van der Waals surface area contributed by atoms with Crippen LogP contribution in [0, 0.1) is 23.7 Å². The van der Waals surface area contributed by atoms with Gasteiger partial charge in [0.05, 0.1) is 22.9 Å². The summed E-state index contributed by atoms with van der Waals surface area (Å²) in [4.78, 5) is 60.5. The number of hydrogen-bond acceptors (Lipinski definition) is 6. The van der Waals surface area contributed by atoms with E-state index in [-0.39, 0.29) is 42.0 Å². The van der Waals surface area contributed by atoms with Crippen LogP contribution >= 0.6 is 15.9 Å². The zero-order valence-electron chi connectivity index (χ0n) is 29.7. The molecule has 1 heterocycles. The predicted octanol–water partition coefficient (Wildman–Crippen LogP) is 8.76. The molecule has 1 saturated carbocycles. The van der Waals surface area contributed by atoms with Crippen molar-refractivity contribution < 1.29 is 29.0 Å². The summed E-state index contributed by atoms with van der Waals surface area (Å²) in [5.74, 6) is -4.37. The molecule has 1 N–H and O–H groups in total. The average molecular weight is 791 g/mol. The molecule has 0 aromatic heterocycles.